The molecule has 6 nitrogen and oxygen atoms in total. The van der Waals surface area contributed by atoms with Crippen molar-refractivity contribution in [1.29, 1.82) is 0 Å². The van der Waals surface area contributed by atoms with Gasteiger partial charge in [-0.25, -0.2) is 9.78 Å². The molecule has 2 fully saturated rings. The first-order valence-electron chi connectivity index (χ1n) is 7.23. The molecule has 6 heteroatoms. The molecule has 0 aromatic carbocycles. The van der Waals surface area contributed by atoms with Crippen molar-refractivity contribution in [2.45, 2.75) is 25.3 Å². The molecule has 0 bridgehead atoms. The summed E-state index contributed by atoms with van der Waals surface area (Å²) >= 11 is 0. The normalized spacial score (nSPS) is 21.2. The van der Waals surface area contributed by atoms with Crippen molar-refractivity contribution in [3.63, 3.8) is 0 Å². The van der Waals surface area contributed by atoms with Crippen LogP contribution in [0.3, 0.4) is 0 Å². The predicted molar refractivity (Wildman–Crippen MR) is 74.2 cm³/mol. The van der Waals surface area contributed by atoms with Crippen LogP contribution in [0.25, 0.3) is 0 Å². The Morgan fingerprint density at radius 3 is 2.81 bits per heavy atom. The zero-order valence-corrected chi connectivity index (χ0v) is 11.7. The van der Waals surface area contributed by atoms with Crippen LogP contribution in [0, 0.1) is 5.92 Å². The minimum Gasteiger partial charge on any atom is -0.477 e. The number of nitrogens with zero attached hydrogens (tertiary/aromatic N) is 2. The summed E-state index contributed by atoms with van der Waals surface area (Å²) in [5.74, 6) is -0.837. The molecule has 1 N–H and O–H groups in total. The van der Waals surface area contributed by atoms with E-state index < -0.39 is 5.97 Å². The van der Waals surface area contributed by atoms with E-state index in [1.54, 1.807) is 6.07 Å². The molecule has 0 radical (unpaired) electrons. The maximum absolute atomic E-state index is 12.7. The second kappa shape index (κ2) is 5.81. The van der Waals surface area contributed by atoms with E-state index in [9.17, 15) is 9.59 Å². The van der Waals surface area contributed by atoms with Crippen molar-refractivity contribution in [3.05, 3.63) is 29.6 Å². The number of hydrogen-bond acceptors (Lipinski definition) is 4. The number of carbonyl (C=O) groups excluding carboxylic acids is 1. The maximum Gasteiger partial charge on any atom is 0.354 e. The third kappa shape index (κ3) is 3.21. The fourth-order valence-electron chi connectivity index (χ4n) is 2.64. The van der Waals surface area contributed by atoms with E-state index in [-0.39, 0.29) is 11.6 Å². The van der Waals surface area contributed by atoms with Gasteiger partial charge < -0.3 is 14.7 Å². The van der Waals surface area contributed by atoms with E-state index in [2.05, 4.69) is 4.98 Å². The van der Waals surface area contributed by atoms with Crippen LogP contribution in [0.1, 0.15) is 40.1 Å². The Balaban J connectivity index is 1.77. The van der Waals surface area contributed by atoms with Crippen LogP contribution < -0.4 is 0 Å². The van der Waals surface area contributed by atoms with Gasteiger partial charge >= 0.3 is 5.97 Å². The molecule has 1 aromatic heterocycles. The Hall–Kier alpha value is -1.95. The second-order valence-corrected chi connectivity index (χ2v) is 5.65. The molecule has 1 saturated heterocycles. The minimum absolute atomic E-state index is 0.0965. The number of aromatic nitrogens is 1. The largest absolute Gasteiger partial charge is 0.477 e. The highest BCUT2D eigenvalue weighted by atomic mass is 16.5. The van der Waals surface area contributed by atoms with E-state index in [0.717, 1.165) is 25.9 Å². The second-order valence-electron chi connectivity index (χ2n) is 5.65. The van der Waals surface area contributed by atoms with Gasteiger partial charge in [-0.3, -0.25) is 4.79 Å². The van der Waals surface area contributed by atoms with Crippen LogP contribution in [0.4, 0.5) is 0 Å². The first-order chi connectivity index (χ1) is 10.1. The third-order valence-electron chi connectivity index (χ3n) is 3.95. The Kier molecular flexibility index (Phi) is 3.88. The van der Waals surface area contributed by atoms with Crippen LogP contribution in [-0.2, 0) is 4.74 Å². The fourth-order valence-corrected chi connectivity index (χ4v) is 2.64. The highest BCUT2D eigenvalue weighted by Crippen LogP contribution is 2.30. The van der Waals surface area contributed by atoms with Crippen molar-refractivity contribution in [2.24, 2.45) is 5.92 Å². The number of rotatable bonds is 5. The lowest BCUT2D eigenvalue weighted by Gasteiger charge is -2.25. The Morgan fingerprint density at radius 2 is 2.19 bits per heavy atom. The summed E-state index contributed by atoms with van der Waals surface area (Å²) in [5, 5.41) is 8.98. The standard InChI is InChI=1S/C15H18N2O4/c18-14(11-3-5-16-13(7-11)15(19)20)17(12-1-2-12)8-10-4-6-21-9-10/h3,5,7,10,12H,1-2,4,6,8-9H2,(H,19,20)/t10-/m0/s1. The molecule has 1 aromatic rings. The van der Waals surface area contributed by atoms with Gasteiger partial charge in [-0.2, -0.15) is 0 Å². The number of carboxylic acids is 1. The van der Waals surface area contributed by atoms with Crippen LogP contribution in [0.2, 0.25) is 0 Å². The zero-order valence-electron chi connectivity index (χ0n) is 11.7. The monoisotopic (exact) mass is 290 g/mol. The number of hydrogen-bond donors (Lipinski definition) is 1. The molecular formula is C15H18N2O4. The SMILES string of the molecule is O=C(O)c1cc(C(=O)N(C[C@@H]2CCOC2)C2CC2)ccn1. The fraction of sp³-hybridized carbons (Fsp3) is 0.533. The molecule has 112 valence electrons. The van der Waals surface area contributed by atoms with Gasteiger partial charge in [-0.05, 0) is 31.4 Å². The molecule has 2 aliphatic rings. The minimum atomic E-state index is -1.12. The van der Waals surface area contributed by atoms with Gasteiger partial charge in [0, 0.05) is 36.9 Å². The summed E-state index contributed by atoms with van der Waals surface area (Å²) in [6.07, 6.45) is 4.40. The molecule has 0 unspecified atom stereocenters. The summed E-state index contributed by atoms with van der Waals surface area (Å²) < 4.78 is 5.37. The molecule has 0 spiro atoms. The zero-order chi connectivity index (χ0) is 14.8. The van der Waals surface area contributed by atoms with Crippen LogP contribution in [0.5, 0.6) is 0 Å². The van der Waals surface area contributed by atoms with Crippen molar-refractivity contribution in [3.8, 4) is 0 Å². The van der Waals surface area contributed by atoms with Crippen LogP contribution >= 0.6 is 0 Å². The van der Waals surface area contributed by atoms with Gasteiger partial charge in [0.1, 0.15) is 5.69 Å². The Bertz CT molecular complexity index is 550. The van der Waals surface area contributed by atoms with Gasteiger partial charge in [0.25, 0.3) is 5.91 Å². The summed E-state index contributed by atoms with van der Waals surface area (Å²) in [5.41, 5.74) is 0.300. The molecule has 1 amide bonds. The van der Waals surface area contributed by atoms with Crippen molar-refractivity contribution < 1.29 is 19.4 Å². The summed E-state index contributed by atoms with van der Waals surface area (Å²) in [7, 11) is 0. The average Bonchev–Trinajstić information content (AvgIpc) is 3.20. The van der Waals surface area contributed by atoms with Gasteiger partial charge in [-0.15, -0.1) is 0 Å². The summed E-state index contributed by atoms with van der Waals surface area (Å²) in [4.78, 5) is 29.2. The number of aromatic carboxylic acids is 1. The van der Waals surface area contributed by atoms with Crippen molar-refractivity contribution >= 4 is 11.9 Å². The topological polar surface area (TPSA) is 79.7 Å². The smallest absolute Gasteiger partial charge is 0.354 e. The highest BCUT2D eigenvalue weighted by molar-refractivity contribution is 5.97. The van der Waals surface area contributed by atoms with E-state index in [1.165, 1.54) is 12.3 Å². The van der Waals surface area contributed by atoms with Gasteiger partial charge in [0.15, 0.2) is 0 Å². The van der Waals surface area contributed by atoms with E-state index in [1.807, 2.05) is 4.90 Å². The van der Waals surface area contributed by atoms with Gasteiger partial charge in [0.2, 0.25) is 0 Å². The molecule has 1 aliphatic carbocycles. The molecule has 2 heterocycles. The lowest BCUT2D eigenvalue weighted by atomic mass is 10.1. The Labute approximate surface area is 122 Å². The van der Waals surface area contributed by atoms with Crippen LogP contribution in [0.15, 0.2) is 18.3 Å². The van der Waals surface area contributed by atoms with E-state index in [4.69, 9.17) is 9.84 Å². The molecule has 1 saturated carbocycles. The van der Waals surface area contributed by atoms with Gasteiger partial charge in [0.05, 0.1) is 6.61 Å². The predicted octanol–water partition coefficient (Wildman–Crippen LogP) is 1.42. The first-order valence-corrected chi connectivity index (χ1v) is 7.23. The lowest BCUT2D eigenvalue weighted by Crippen LogP contribution is -2.37. The highest BCUT2D eigenvalue weighted by Gasteiger charge is 2.35. The third-order valence-corrected chi connectivity index (χ3v) is 3.95. The summed E-state index contributed by atoms with van der Waals surface area (Å²) in [6, 6.07) is 3.22. The van der Waals surface area contributed by atoms with E-state index >= 15 is 0 Å². The first kappa shape index (κ1) is 14.0. The summed E-state index contributed by atoms with van der Waals surface area (Å²) in [6.45, 7) is 2.15. The number of ether oxygens (including phenoxy) is 1. The molecule has 1 aliphatic heterocycles. The van der Waals surface area contributed by atoms with Crippen molar-refractivity contribution in [2.75, 3.05) is 19.8 Å². The number of amides is 1. The average molecular weight is 290 g/mol. The maximum atomic E-state index is 12.7. The lowest BCUT2D eigenvalue weighted by molar-refractivity contribution is 0.0690. The van der Waals surface area contributed by atoms with Gasteiger partial charge in [-0.1, -0.05) is 0 Å². The Morgan fingerprint density at radius 1 is 1.38 bits per heavy atom. The quantitative estimate of drug-likeness (QED) is 0.887. The van der Waals surface area contributed by atoms with E-state index in [0.29, 0.717) is 30.7 Å². The number of carbonyl (C=O) groups is 2. The number of pyridine rings is 1. The molecular weight excluding hydrogens is 272 g/mol. The molecule has 1 atom stereocenters. The molecule has 3 rings (SSSR count). The van der Waals surface area contributed by atoms with Crippen molar-refractivity contribution in [1.82, 2.24) is 9.88 Å². The molecule has 21 heavy (non-hydrogen) atoms. The number of carboxylic acid groups (broad SMARTS) is 1. The van der Waals surface area contributed by atoms with Crippen LogP contribution in [-0.4, -0.2) is 52.7 Å².